The number of nitrogens with zero attached hydrogens (tertiary/aromatic N) is 1. The number of aromatic amines is 1. The van der Waals surface area contributed by atoms with Crippen molar-refractivity contribution >= 4 is 24.0 Å². The number of rotatable bonds is 6. The van der Waals surface area contributed by atoms with Gasteiger partial charge in [-0.3, -0.25) is 0 Å². The Morgan fingerprint density at radius 1 is 0.958 bits per heavy atom. The standard InChI is InChI=1S/C18H16N2O3Se/c21-16-11-17(24-15-9-5-2-6-10-15)20(18(22)19-16)13-23-12-14-7-3-1-4-8-14/h1-11H,12-13H2,(H,19,21,22). The Morgan fingerprint density at radius 2 is 1.62 bits per heavy atom. The number of H-pyrrole nitrogens is 1. The van der Waals surface area contributed by atoms with Crippen molar-refractivity contribution in [2.24, 2.45) is 0 Å². The van der Waals surface area contributed by atoms with Crippen molar-refractivity contribution in [3.63, 3.8) is 0 Å². The minimum absolute atomic E-state index is 0.106. The summed E-state index contributed by atoms with van der Waals surface area (Å²) < 4.78 is 8.92. The fraction of sp³-hybridized carbons (Fsp3) is 0.111. The maximum atomic E-state index is 12.1. The second-order valence-electron chi connectivity index (χ2n) is 5.08. The SMILES string of the molecule is O=c1cc([Se]c2ccccc2)n(COCc2ccccc2)c(=O)[nH]1. The van der Waals surface area contributed by atoms with Crippen molar-refractivity contribution in [3.8, 4) is 0 Å². The summed E-state index contributed by atoms with van der Waals surface area (Å²) in [6.07, 6.45) is 0. The molecule has 0 spiro atoms. The monoisotopic (exact) mass is 388 g/mol. The molecule has 1 aromatic heterocycles. The van der Waals surface area contributed by atoms with Crippen molar-refractivity contribution < 1.29 is 4.74 Å². The zero-order valence-corrected chi connectivity index (χ0v) is 14.6. The fourth-order valence-electron chi connectivity index (χ4n) is 2.14. The first-order valence-electron chi connectivity index (χ1n) is 7.41. The Labute approximate surface area is 145 Å². The summed E-state index contributed by atoms with van der Waals surface area (Å²) in [6.45, 7) is 0.513. The molecule has 1 heterocycles. The van der Waals surface area contributed by atoms with Gasteiger partial charge in [0.2, 0.25) is 0 Å². The summed E-state index contributed by atoms with van der Waals surface area (Å²) in [7, 11) is 0. The molecule has 0 aliphatic carbocycles. The molecule has 0 atom stereocenters. The van der Waals surface area contributed by atoms with Crippen LogP contribution >= 0.6 is 0 Å². The number of hydrogen-bond acceptors (Lipinski definition) is 3. The van der Waals surface area contributed by atoms with Crippen LogP contribution in [0.15, 0.2) is 76.3 Å². The molecule has 3 aromatic rings. The van der Waals surface area contributed by atoms with E-state index in [2.05, 4.69) is 4.98 Å². The maximum absolute atomic E-state index is 12.1. The summed E-state index contributed by atoms with van der Waals surface area (Å²) in [5, 5.41) is 0. The van der Waals surface area contributed by atoms with Crippen LogP contribution < -0.4 is 20.3 Å². The third-order valence-corrected chi connectivity index (χ3v) is 5.51. The van der Waals surface area contributed by atoms with Crippen molar-refractivity contribution in [1.29, 1.82) is 0 Å². The quantitative estimate of drug-likeness (QED) is 0.622. The first kappa shape index (κ1) is 16.5. The Kier molecular flexibility index (Phi) is 5.43. The van der Waals surface area contributed by atoms with Gasteiger partial charge in [-0.05, 0) is 0 Å². The molecule has 1 N–H and O–H groups in total. The zero-order chi connectivity index (χ0) is 16.8. The van der Waals surface area contributed by atoms with E-state index in [1.807, 2.05) is 60.7 Å². The van der Waals surface area contributed by atoms with Crippen LogP contribution in [0.25, 0.3) is 0 Å². The molecule has 6 heteroatoms. The van der Waals surface area contributed by atoms with Crippen molar-refractivity contribution in [2.75, 3.05) is 0 Å². The zero-order valence-electron chi connectivity index (χ0n) is 12.8. The summed E-state index contributed by atoms with van der Waals surface area (Å²) in [4.78, 5) is 26.1. The first-order valence-corrected chi connectivity index (χ1v) is 9.12. The van der Waals surface area contributed by atoms with Gasteiger partial charge in [0.05, 0.1) is 0 Å². The summed E-state index contributed by atoms with van der Waals surface area (Å²) >= 11 is -0.148. The van der Waals surface area contributed by atoms with E-state index in [9.17, 15) is 9.59 Å². The molecule has 2 aromatic carbocycles. The normalized spacial score (nSPS) is 10.7. The van der Waals surface area contributed by atoms with Crippen LogP contribution in [-0.4, -0.2) is 24.5 Å². The van der Waals surface area contributed by atoms with Crippen LogP contribution in [0.5, 0.6) is 0 Å². The second kappa shape index (κ2) is 7.92. The van der Waals surface area contributed by atoms with Crippen LogP contribution in [0.3, 0.4) is 0 Å². The third-order valence-electron chi connectivity index (χ3n) is 3.29. The third kappa shape index (κ3) is 4.32. The first-order chi connectivity index (χ1) is 11.7. The molecule has 0 fully saturated rings. The predicted octanol–water partition coefficient (Wildman–Crippen LogP) is 0.366. The fourth-order valence-corrected chi connectivity index (χ4v) is 4.13. The van der Waals surface area contributed by atoms with Gasteiger partial charge in [-0.15, -0.1) is 0 Å². The molecule has 3 rings (SSSR count). The van der Waals surface area contributed by atoms with Gasteiger partial charge in [0.25, 0.3) is 0 Å². The molecular formula is C18H16N2O3Se. The average molecular weight is 387 g/mol. The number of ether oxygens (including phenoxy) is 1. The van der Waals surface area contributed by atoms with Gasteiger partial charge in [-0.25, -0.2) is 0 Å². The Hall–Kier alpha value is -2.40. The molecule has 0 saturated carbocycles. The molecule has 24 heavy (non-hydrogen) atoms. The molecule has 0 unspecified atom stereocenters. The predicted molar refractivity (Wildman–Crippen MR) is 94.0 cm³/mol. The number of nitrogens with one attached hydrogen (secondary N) is 1. The van der Waals surface area contributed by atoms with Gasteiger partial charge in [0.1, 0.15) is 0 Å². The van der Waals surface area contributed by atoms with E-state index in [0.717, 1.165) is 10.0 Å². The van der Waals surface area contributed by atoms with Crippen LogP contribution in [0, 0.1) is 0 Å². The molecule has 0 aliphatic rings. The molecule has 5 nitrogen and oxygen atoms in total. The number of hydrogen-bond donors (Lipinski definition) is 1. The van der Waals surface area contributed by atoms with Crippen LogP contribution in [0.2, 0.25) is 0 Å². The number of benzene rings is 2. The van der Waals surface area contributed by atoms with Crippen molar-refractivity contribution in [2.45, 2.75) is 13.3 Å². The van der Waals surface area contributed by atoms with Crippen LogP contribution in [0.4, 0.5) is 0 Å². The topological polar surface area (TPSA) is 64.1 Å². The van der Waals surface area contributed by atoms with Crippen LogP contribution in [-0.2, 0) is 18.1 Å². The van der Waals surface area contributed by atoms with Gasteiger partial charge in [-0.1, -0.05) is 0 Å². The van der Waals surface area contributed by atoms with Crippen molar-refractivity contribution in [3.05, 3.63) is 93.1 Å². The summed E-state index contributed by atoms with van der Waals surface area (Å²) in [5.74, 6) is 0. The molecular weight excluding hydrogens is 371 g/mol. The second-order valence-corrected chi connectivity index (χ2v) is 7.38. The van der Waals surface area contributed by atoms with Crippen LogP contribution in [0.1, 0.15) is 5.56 Å². The van der Waals surface area contributed by atoms with Gasteiger partial charge < -0.3 is 0 Å². The van der Waals surface area contributed by atoms with Gasteiger partial charge in [-0.2, -0.15) is 0 Å². The molecule has 122 valence electrons. The van der Waals surface area contributed by atoms with Gasteiger partial charge in [0, 0.05) is 0 Å². The Morgan fingerprint density at radius 3 is 2.33 bits per heavy atom. The Bertz CT molecular complexity index is 905. The molecule has 0 radical (unpaired) electrons. The van der Waals surface area contributed by atoms with Gasteiger partial charge >= 0.3 is 145 Å². The van der Waals surface area contributed by atoms with E-state index in [-0.39, 0.29) is 27.2 Å². The van der Waals surface area contributed by atoms with E-state index >= 15 is 0 Å². The molecule has 0 bridgehead atoms. The summed E-state index contributed by atoms with van der Waals surface area (Å²) in [5.41, 5.74) is 0.209. The molecule has 0 aliphatic heterocycles. The minimum atomic E-state index is -0.441. The van der Waals surface area contributed by atoms with E-state index in [1.165, 1.54) is 10.6 Å². The van der Waals surface area contributed by atoms with E-state index in [0.29, 0.717) is 11.2 Å². The Balaban J connectivity index is 1.78. The number of aromatic nitrogens is 2. The summed E-state index contributed by atoms with van der Waals surface area (Å²) in [6, 6.07) is 21.0. The van der Waals surface area contributed by atoms with E-state index in [4.69, 9.17) is 4.74 Å². The van der Waals surface area contributed by atoms with E-state index < -0.39 is 5.69 Å². The van der Waals surface area contributed by atoms with Gasteiger partial charge in [0.15, 0.2) is 0 Å². The average Bonchev–Trinajstić information content (AvgIpc) is 2.59. The van der Waals surface area contributed by atoms with Crippen molar-refractivity contribution in [1.82, 2.24) is 9.55 Å². The van der Waals surface area contributed by atoms with E-state index in [1.54, 1.807) is 0 Å². The molecule has 0 amide bonds. The molecule has 0 saturated heterocycles.